The number of alkyl halides is 1. The molecule has 1 saturated carbocycles. The Kier molecular flexibility index (Phi) is 1.27. The molecule has 2 N–H and O–H groups in total. The summed E-state index contributed by atoms with van der Waals surface area (Å²) in [4.78, 5) is 0. The van der Waals surface area contributed by atoms with E-state index in [4.69, 9.17) is 5.73 Å². The zero-order valence-corrected chi connectivity index (χ0v) is 5.15. The average molecular weight is 117 g/mol. The van der Waals surface area contributed by atoms with E-state index in [-0.39, 0.29) is 5.54 Å². The van der Waals surface area contributed by atoms with E-state index < -0.39 is 6.17 Å². The smallest absolute Gasteiger partial charge is 0.102 e. The van der Waals surface area contributed by atoms with Crippen LogP contribution in [-0.4, -0.2) is 11.7 Å². The van der Waals surface area contributed by atoms with Crippen LogP contribution in [0.3, 0.4) is 0 Å². The molecule has 0 bridgehead atoms. The van der Waals surface area contributed by atoms with Gasteiger partial charge in [0.05, 0.1) is 0 Å². The highest BCUT2D eigenvalue weighted by Crippen LogP contribution is 2.28. The Bertz CT molecular complexity index is 90.5. The average Bonchev–Trinajstić information content (AvgIpc) is 1.82. The molecule has 0 amide bonds. The van der Waals surface area contributed by atoms with Gasteiger partial charge in [0.1, 0.15) is 6.17 Å². The molecule has 0 aromatic rings. The Morgan fingerprint density at radius 1 is 1.75 bits per heavy atom. The van der Waals surface area contributed by atoms with Crippen LogP contribution in [0, 0.1) is 0 Å². The van der Waals surface area contributed by atoms with Crippen molar-refractivity contribution in [3.63, 3.8) is 0 Å². The molecule has 0 aromatic heterocycles. The molecule has 2 unspecified atom stereocenters. The maximum absolute atomic E-state index is 12.3. The fourth-order valence-corrected chi connectivity index (χ4v) is 1.20. The summed E-state index contributed by atoms with van der Waals surface area (Å²) >= 11 is 0. The van der Waals surface area contributed by atoms with E-state index in [9.17, 15) is 4.39 Å². The lowest BCUT2D eigenvalue weighted by atomic mass is 10.0. The Hall–Kier alpha value is -0.110. The SMILES string of the molecule is CC1(N)CCC(F)C1. The Morgan fingerprint density at radius 2 is 2.38 bits per heavy atom. The minimum Gasteiger partial charge on any atom is -0.325 e. The summed E-state index contributed by atoms with van der Waals surface area (Å²) in [6.45, 7) is 1.91. The molecule has 48 valence electrons. The van der Waals surface area contributed by atoms with Crippen LogP contribution in [0.1, 0.15) is 26.2 Å². The van der Waals surface area contributed by atoms with Gasteiger partial charge in [0.2, 0.25) is 0 Å². The Morgan fingerprint density at radius 3 is 2.50 bits per heavy atom. The van der Waals surface area contributed by atoms with Crippen LogP contribution in [0.5, 0.6) is 0 Å². The van der Waals surface area contributed by atoms with Gasteiger partial charge in [-0.25, -0.2) is 4.39 Å². The molecule has 1 nitrogen and oxygen atoms in total. The summed E-state index contributed by atoms with van der Waals surface area (Å²) in [6.07, 6.45) is 1.42. The molecule has 1 rings (SSSR count). The van der Waals surface area contributed by atoms with Gasteiger partial charge >= 0.3 is 0 Å². The van der Waals surface area contributed by atoms with Crippen LogP contribution in [0.25, 0.3) is 0 Å². The van der Waals surface area contributed by atoms with Gasteiger partial charge in [-0.2, -0.15) is 0 Å². The number of nitrogens with two attached hydrogens (primary N) is 1. The molecule has 0 heterocycles. The minimum absolute atomic E-state index is 0.209. The molecule has 1 aliphatic carbocycles. The quantitative estimate of drug-likeness (QED) is 0.507. The first-order valence-corrected chi connectivity index (χ1v) is 3.03. The maximum atomic E-state index is 12.3. The van der Waals surface area contributed by atoms with Crippen LogP contribution >= 0.6 is 0 Å². The first-order chi connectivity index (χ1) is 3.60. The molecule has 0 radical (unpaired) electrons. The lowest BCUT2D eigenvalue weighted by molar-refractivity contribution is 0.324. The molecule has 0 saturated heterocycles. The van der Waals surface area contributed by atoms with Gasteiger partial charge in [0, 0.05) is 5.54 Å². The summed E-state index contributed by atoms with van der Waals surface area (Å²) < 4.78 is 12.3. The van der Waals surface area contributed by atoms with Crippen LogP contribution in [0.4, 0.5) is 4.39 Å². The Labute approximate surface area is 49.1 Å². The highest BCUT2D eigenvalue weighted by atomic mass is 19.1. The molecular formula is C6H12FN. The highest BCUT2D eigenvalue weighted by Gasteiger charge is 2.30. The predicted molar refractivity (Wildman–Crippen MR) is 31.3 cm³/mol. The van der Waals surface area contributed by atoms with Gasteiger partial charge in [-0.3, -0.25) is 0 Å². The molecule has 8 heavy (non-hydrogen) atoms. The van der Waals surface area contributed by atoms with Crippen molar-refractivity contribution < 1.29 is 4.39 Å². The fraction of sp³-hybridized carbons (Fsp3) is 1.00. The van der Waals surface area contributed by atoms with Crippen LogP contribution in [0.2, 0.25) is 0 Å². The van der Waals surface area contributed by atoms with Crippen molar-refractivity contribution in [2.24, 2.45) is 5.73 Å². The van der Waals surface area contributed by atoms with E-state index in [2.05, 4.69) is 0 Å². The van der Waals surface area contributed by atoms with Gasteiger partial charge in [0.15, 0.2) is 0 Å². The van der Waals surface area contributed by atoms with Gasteiger partial charge < -0.3 is 5.73 Å². The summed E-state index contributed by atoms with van der Waals surface area (Å²) in [7, 11) is 0. The van der Waals surface area contributed by atoms with Gasteiger partial charge in [0.25, 0.3) is 0 Å². The Balaban J connectivity index is 2.44. The monoisotopic (exact) mass is 117 g/mol. The largest absolute Gasteiger partial charge is 0.325 e. The first kappa shape index (κ1) is 6.02. The number of hydrogen-bond acceptors (Lipinski definition) is 1. The second-order valence-corrected chi connectivity index (χ2v) is 2.99. The van der Waals surface area contributed by atoms with Crippen molar-refractivity contribution >= 4 is 0 Å². The first-order valence-electron chi connectivity index (χ1n) is 3.03. The van der Waals surface area contributed by atoms with E-state index in [1.165, 1.54) is 0 Å². The number of hydrogen-bond donors (Lipinski definition) is 1. The fourth-order valence-electron chi connectivity index (χ4n) is 1.20. The molecule has 2 heteroatoms. The van der Waals surface area contributed by atoms with Crippen LogP contribution in [0.15, 0.2) is 0 Å². The number of rotatable bonds is 0. The van der Waals surface area contributed by atoms with E-state index >= 15 is 0 Å². The molecule has 0 aliphatic heterocycles. The van der Waals surface area contributed by atoms with Crippen LogP contribution < -0.4 is 5.73 Å². The molecule has 0 aromatic carbocycles. The summed E-state index contributed by atoms with van der Waals surface area (Å²) in [5.74, 6) is 0. The van der Waals surface area contributed by atoms with Gasteiger partial charge in [-0.1, -0.05) is 0 Å². The van der Waals surface area contributed by atoms with Gasteiger partial charge in [-0.05, 0) is 26.2 Å². The maximum Gasteiger partial charge on any atom is 0.102 e. The third-order valence-electron chi connectivity index (χ3n) is 1.72. The van der Waals surface area contributed by atoms with E-state index in [0.29, 0.717) is 12.8 Å². The second kappa shape index (κ2) is 1.69. The van der Waals surface area contributed by atoms with Crippen molar-refractivity contribution in [3.8, 4) is 0 Å². The summed E-state index contributed by atoms with van der Waals surface area (Å²) in [5.41, 5.74) is 5.42. The molecule has 1 aliphatic rings. The van der Waals surface area contributed by atoms with E-state index in [0.717, 1.165) is 6.42 Å². The minimum atomic E-state index is -0.634. The van der Waals surface area contributed by atoms with Crippen LogP contribution in [-0.2, 0) is 0 Å². The number of halogens is 1. The zero-order chi connectivity index (χ0) is 6.20. The van der Waals surface area contributed by atoms with Gasteiger partial charge in [-0.15, -0.1) is 0 Å². The normalized spacial score (nSPS) is 47.6. The highest BCUT2D eigenvalue weighted by molar-refractivity contribution is 4.89. The third-order valence-corrected chi connectivity index (χ3v) is 1.72. The van der Waals surface area contributed by atoms with Crippen molar-refractivity contribution in [2.45, 2.75) is 37.9 Å². The predicted octanol–water partition coefficient (Wildman–Crippen LogP) is 1.23. The standard InChI is InChI=1S/C6H12FN/c1-6(8)3-2-5(7)4-6/h5H,2-4,8H2,1H3. The zero-order valence-electron chi connectivity index (χ0n) is 5.15. The van der Waals surface area contributed by atoms with E-state index in [1.54, 1.807) is 0 Å². The van der Waals surface area contributed by atoms with Crippen molar-refractivity contribution in [2.75, 3.05) is 0 Å². The van der Waals surface area contributed by atoms with E-state index in [1.807, 2.05) is 6.92 Å². The summed E-state index contributed by atoms with van der Waals surface area (Å²) in [5, 5.41) is 0. The summed E-state index contributed by atoms with van der Waals surface area (Å²) in [6, 6.07) is 0. The third kappa shape index (κ3) is 1.19. The molecule has 1 fully saturated rings. The molecular weight excluding hydrogens is 105 g/mol. The van der Waals surface area contributed by atoms with Crippen molar-refractivity contribution in [1.29, 1.82) is 0 Å². The second-order valence-electron chi connectivity index (χ2n) is 2.99. The molecule has 2 atom stereocenters. The topological polar surface area (TPSA) is 26.0 Å². The lowest BCUT2D eigenvalue weighted by Crippen LogP contribution is -2.32. The van der Waals surface area contributed by atoms with Crippen molar-refractivity contribution in [3.05, 3.63) is 0 Å². The van der Waals surface area contributed by atoms with Crippen molar-refractivity contribution in [1.82, 2.24) is 0 Å². The molecule has 0 spiro atoms. The lowest BCUT2D eigenvalue weighted by Gasteiger charge is -2.14.